The number of carbonyl (C=O) groups excluding carboxylic acids is 1. The quantitative estimate of drug-likeness (QED) is 0.695. The Bertz CT molecular complexity index is 1010. The van der Waals surface area contributed by atoms with Crippen molar-refractivity contribution < 1.29 is 17.6 Å². The minimum Gasteiger partial charge on any atom is -0.439 e. The second-order valence-electron chi connectivity index (χ2n) is 4.99. The van der Waals surface area contributed by atoms with Gasteiger partial charge in [0.1, 0.15) is 0 Å². The molecule has 1 N–H and O–H groups in total. The number of benzene rings is 2. The summed E-state index contributed by atoms with van der Waals surface area (Å²) in [6.45, 7) is 0. The normalized spacial score (nSPS) is 11.3. The predicted octanol–water partition coefficient (Wildman–Crippen LogP) is 4.67. The Balaban J connectivity index is 1.88. The van der Waals surface area contributed by atoms with Crippen LogP contribution in [0.1, 0.15) is 10.6 Å². The first kappa shape index (κ1) is 17.5. The Hall–Kier alpha value is -2.28. The lowest BCUT2D eigenvalue weighted by atomic mass is 10.3. The van der Waals surface area contributed by atoms with Crippen LogP contribution in [0.5, 0.6) is 0 Å². The lowest BCUT2D eigenvalue weighted by Gasteiger charge is -2.07. The van der Waals surface area contributed by atoms with Gasteiger partial charge in [-0.1, -0.05) is 47.5 Å². The van der Waals surface area contributed by atoms with E-state index >= 15 is 0 Å². The van der Waals surface area contributed by atoms with Crippen molar-refractivity contribution in [2.45, 2.75) is 9.99 Å². The van der Waals surface area contributed by atoms with Crippen LogP contribution in [0.15, 0.2) is 75.1 Å². The van der Waals surface area contributed by atoms with Crippen molar-refractivity contribution in [3.63, 3.8) is 0 Å². The van der Waals surface area contributed by atoms with E-state index in [0.29, 0.717) is 0 Å². The summed E-state index contributed by atoms with van der Waals surface area (Å²) in [5, 5.41) is 2.69. The number of anilines is 1. The Morgan fingerprint density at radius 3 is 2.16 bits per heavy atom. The molecule has 0 aliphatic carbocycles. The van der Waals surface area contributed by atoms with Crippen molar-refractivity contribution >= 4 is 44.6 Å². The van der Waals surface area contributed by atoms with Crippen molar-refractivity contribution in [2.24, 2.45) is 0 Å². The molecule has 2 aromatic carbocycles. The van der Waals surface area contributed by atoms with E-state index in [9.17, 15) is 13.2 Å². The molecule has 0 atom stereocenters. The number of amides is 1. The molecule has 0 saturated carbocycles. The maximum atomic E-state index is 12.5. The Morgan fingerprint density at radius 1 is 0.880 bits per heavy atom. The summed E-state index contributed by atoms with van der Waals surface area (Å²) in [6.07, 6.45) is 0. The molecule has 5 nitrogen and oxygen atoms in total. The van der Waals surface area contributed by atoms with Gasteiger partial charge in [0, 0.05) is 0 Å². The van der Waals surface area contributed by atoms with Gasteiger partial charge in [0.25, 0.3) is 5.91 Å². The molecule has 0 aliphatic rings. The second-order valence-corrected chi connectivity index (χ2v) is 7.68. The fourth-order valence-electron chi connectivity index (χ4n) is 2.09. The van der Waals surface area contributed by atoms with Crippen LogP contribution in [-0.2, 0) is 9.84 Å². The van der Waals surface area contributed by atoms with Gasteiger partial charge in [-0.2, -0.15) is 0 Å². The van der Waals surface area contributed by atoms with Crippen LogP contribution in [0.25, 0.3) is 0 Å². The molecule has 3 rings (SSSR count). The molecule has 0 fully saturated rings. The first-order chi connectivity index (χ1) is 11.9. The largest absolute Gasteiger partial charge is 0.439 e. The Labute approximate surface area is 154 Å². The number of hydrogen-bond donors (Lipinski definition) is 1. The molecule has 128 valence electrons. The molecule has 0 unspecified atom stereocenters. The van der Waals surface area contributed by atoms with E-state index in [-0.39, 0.29) is 31.5 Å². The molecular formula is C17H11Cl2NO4S. The zero-order valence-corrected chi connectivity index (χ0v) is 14.9. The summed E-state index contributed by atoms with van der Waals surface area (Å²) >= 11 is 12.0. The van der Waals surface area contributed by atoms with E-state index in [1.54, 1.807) is 36.4 Å². The average molecular weight is 396 g/mol. The summed E-state index contributed by atoms with van der Waals surface area (Å²) < 4.78 is 30.2. The molecule has 0 radical (unpaired) electrons. The lowest BCUT2D eigenvalue weighted by Crippen LogP contribution is -2.11. The molecule has 0 aliphatic heterocycles. The van der Waals surface area contributed by atoms with Gasteiger partial charge in [-0.25, -0.2) is 8.42 Å². The fraction of sp³-hybridized carbons (Fsp3) is 0. The molecule has 0 bridgehead atoms. The number of furan rings is 1. The third-order valence-corrected chi connectivity index (χ3v) is 5.60. The monoisotopic (exact) mass is 395 g/mol. The van der Waals surface area contributed by atoms with Gasteiger partial charge in [-0.15, -0.1) is 0 Å². The van der Waals surface area contributed by atoms with Crippen molar-refractivity contribution in [1.29, 1.82) is 0 Å². The fourth-order valence-corrected chi connectivity index (χ4v) is 3.78. The van der Waals surface area contributed by atoms with E-state index < -0.39 is 15.7 Å². The summed E-state index contributed by atoms with van der Waals surface area (Å²) in [7, 11) is -3.84. The van der Waals surface area contributed by atoms with Crippen molar-refractivity contribution in [3.8, 4) is 0 Å². The first-order valence-electron chi connectivity index (χ1n) is 7.05. The molecule has 0 spiro atoms. The minimum atomic E-state index is -3.84. The topological polar surface area (TPSA) is 76.4 Å². The van der Waals surface area contributed by atoms with Crippen LogP contribution in [0.4, 0.5) is 5.69 Å². The number of para-hydroxylation sites is 1. The smallest absolute Gasteiger partial charge is 0.291 e. The molecule has 25 heavy (non-hydrogen) atoms. The molecule has 1 amide bonds. The van der Waals surface area contributed by atoms with Crippen LogP contribution in [0.2, 0.25) is 10.0 Å². The van der Waals surface area contributed by atoms with Crippen LogP contribution >= 0.6 is 23.2 Å². The summed E-state index contributed by atoms with van der Waals surface area (Å²) in [4.78, 5) is 12.4. The molecule has 8 heteroatoms. The molecule has 1 heterocycles. The number of sulfone groups is 1. The van der Waals surface area contributed by atoms with Crippen molar-refractivity contribution in [1.82, 2.24) is 0 Å². The van der Waals surface area contributed by atoms with Gasteiger partial charge >= 0.3 is 0 Å². The first-order valence-corrected chi connectivity index (χ1v) is 9.29. The standard InChI is InChI=1S/C17H11Cl2NO4S/c18-12-7-4-8-13(19)16(12)20-17(21)14-9-10-15(24-14)25(22,23)11-5-2-1-3-6-11/h1-10H,(H,20,21). The number of hydrogen-bond acceptors (Lipinski definition) is 4. The van der Waals surface area contributed by atoms with Gasteiger partial charge in [0.2, 0.25) is 14.9 Å². The van der Waals surface area contributed by atoms with Crippen LogP contribution in [0, 0.1) is 0 Å². The third kappa shape index (κ3) is 3.56. The number of rotatable bonds is 4. The van der Waals surface area contributed by atoms with Crippen molar-refractivity contribution in [2.75, 3.05) is 5.32 Å². The summed E-state index contributed by atoms with van der Waals surface area (Å²) in [6, 6.07) is 15.1. The van der Waals surface area contributed by atoms with Gasteiger partial charge < -0.3 is 9.73 Å². The highest BCUT2D eigenvalue weighted by Gasteiger charge is 2.23. The number of carbonyl (C=O) groups is 1. The van der Waals surface area contributed by atoms with E-state index in [1.807, 2.05) is 0 Å². The van der Waals surface area contributed by atoms with E-state index in [1.165, 1.54) is 24.3 Å². The van der Waals surface area contributed by atoms with E-state index in [0.717, 1.165) is 0 Å². The van der Waals surface area contributed by atoms with E-state index in [4.69, 9.17) is 27.6 Å². The summed E-state index contributed by atoms with van der Waals surface area (Å²) in [5.74, 6) is -0.838. The van der Waals surface area contributed by atoms with Gasteiger partial charge in [0.15, 0.2) is 5.76 Å². The maximum absolute atomic E-state index is 12.5. The number of nitrogens with one attached hydrogen (secondary N) is 1. The predicted molar refractivity (Wildman–Crippen MR) is 95.0 cm³/mol. The van der Waals surface area contributed by atoms with Gasteiger partial charge in [0.05, 0.1) is 20.6 Å². The minimum absolute atomic E-state index is 0.0745. The SMILES string of the molecule is O=C(Nc1c(Cl)cccc1Cl)c1ccc(S(=O)(=O)c2ccccc2)o1. The maximum Gasteiger partial charge on any atom is 0.291 e. The van der Waals surface area contributed by atoms with Crippen LogP contribution < -0.4 is 5.32 Å². The third-order valence-electron chi connectivity index (χ3n) is 3.32. The van der Waals surface area contributed by atoms with Crippen molar-refractivity contribution in [3.05, 3.63) is 76.5 Å². The molecule has 1 aromatic heterocycles. The second kappa shape index (κ2) is 6.92. The lowest BCUT2D eigenvalue weighted by molar-refractivity contribution is 0.0991. The van der Waals surface area contributed by atoms with Crippen LogP contribution in [-0.4, -0.2) is 14.3 Å². The van der Waals surface area contributed by atoms with Gasteiger partial charge in [-0.05, 0) is 36.4 Å². The molecule has 3 aromatic rings. The summed E-state index contributed by atoms with van der Waals surface area (Å²) in [5.41, 5.74) is 0.222. The van der Waals surface area contributed by atoms with E-state index in [2.05, 4.69) is 5.32 Å². The molecule has 0 saturated heterocycles. The van der Waals surface area contributed by atoms with Crippen LogP contribution in [0.3, 0.4) is 0 Å². The Kier molecular flexibility index (Phi) is 4.85. The highest BCUT2D eigenvalue weighted by Crippen LogP contribution is 2.30. The zero-order chi connectivity index (χ0) is 18.0. The number of halogens is 2. The molecular weight excluding hydrogens is 385 g/mol. The zero-order valence-electron chi connectivity index (χ0n) is 12.6. The van der Waals surface area contributed by atoms with Gasteiger partial charge in [-0.3, -0.25) is 4.79 Å². The Morgan fingerprint density at radius 2 is 1.52 bits per heavy atom. The average Bonchev–Trinajstić information content (AvgIpc) is 3.10. The highest BCUT2D eigenvalue weighted by molar-refractivity contribution is 7.91. The highest BCUT2D eigenvalue weighted by atomic mass is 35.5.